The van der Waals surface area contributed by atoms with Crippen molar-refractivity contribution in [2.75, 3.05) is 33.4 Å². The molecule has 132 valence electrons. The van der Waals surface area contributed by atoms with Crippen molar-refractivity contribution in [2.24, 2.45) is 5.92 Å². The van der Waals surface area contributed by atoms with E-state index in [1.807, 2.05) is 11.0 Å². The van der Waals surface area contributed by atoms with Crippen molar-refractivity contribution in [1.29, 1.82) is 0 Å². The summed E-state index contributed by atoms with van der Waals surface area (Å²) in [4.78, 5) is 13.8. The van der Waals surface area contributed by atoms with Crippen LogP contribution in [0.15, 0.2) is 24.3 Å². The topological polar surface area (TPSA) is 38.8 Å². The van der Waals surface area contributed by atoms with Crippen LogP contribution in [0, 0.1) is 11.7 Å². The molecule has 2 fully saturated rings. The Morgan fingerprint density at radius 3 is 2.92 bits per heavy atom. The highest BCUT2D eigenvalue weighted by atomic mass is 19.1. The summed E-state index contributed by atoms with van der Waals surface area (Å²) in [6, 6.07) is 6.90. The number of nitrogens with zero attached hydrogens (tertiary/aromatic N) is 1. The van der Waals surface area contributed by atoms with Crippen LogP contribution in [0.2, 0.25) is 0 Å². The summed E-state index contributed by atoms with van der Waals surface area (Å²) in [5, 5.41) is 0. The Hall–Kier alpha value is -1.46. The summed E-state index contributed by atoms with van der Waals surface area (Å²) in [5.41, 5.74) is 0.949. The van der Waals surface area contributed by atoms with Crippen molar-refractivity contribution in [3.8, 4) is 0 Å². The van der Waals surface area contributed by atoms with Gasteiger partial charge in [0.25, 0.3) is 0 Å². The van der Waals surface area contributed by atoms with Gasteiger partial charge in [-0.3, -0.25) is 4.79 Å². The van der Waals surface area contributed by atoms with Crippen LogP contribution in [0.5, 0.6) is 0 Å². The van der Waals surface area contributed by atoms with Crippen molar-refractivity contribution in [3.05, 3.63) is 35.6 Å². The fourth-order valence-electron chi connectivity index (χ4n) is 4.03. The second kappa shape index (κ2) is 7.62. The highest BCUT2D eigenvalue weighted by molar-refractivity contribution is 5.77. The van der Waals surface area contributed by atoms with Gasteiger partial charge in [0.1, 0.15) is 12.4 Å². The molecule has 2 saturated heterocycles. The Morgan fingerprint density at radius 1 is 1.42 bits per heavy atom. The van der Waals surface area contributed by atoms with E-state index in [9.17, 15) is 9.18 Å². The second-order valence-electron chi connectivity index (χ2n) is 7.04. The lowest BCUT2D eigenvalue weighted by molar-refractivity contribution is -0.149. The normalized spacial score (nSPS) is 23.4. The summed E-state index contributed by atoms with van der Waals surface area (Å²) < 4.78 is 24.5. The van der Waals surface area contributed by atoms with E-state index >= 15 is 0 Å². The Bertz CT molecular complexity index is 569. The van der Waals surface area contributed by atoms with E-state index in [1.54, 1.807) is 19.2 Å². The maximum absolute atomic E-state index is 13.4. The fraction of sp³-hybridized carbons (Fsp3) is 0.632. The van der Waals surface area contributed by atoms with E-state index < -0.39 is 0 Å². The van der Waals surface area contributed by atoms with Gasteiger partial charge in [-0.15, -0.1) is 0 Å². The molecule has 0 aliphatic carbocycles. The molecule has 4 nitrogen and oxygen atoms in total. The standard InChI is InChI=1S/C19H26FNO3/c1-23-14-18(22)21-8-6-19(7-9-21)13-16(5-10-24-19)11-15-3-2-4-17(20)12-15/h2-4,12,16H,5-11,13-14H2,1H3. The molecule has 1 amide bonds. The van der Waals surface area contributed by atoms with Gasteiger partial charge in [0.05, 0.1) is 5.60 Å². The van der Waals surface area contributed by atoms with Crippen molar-refractivity contribution in [2.45, 2.75) is 37.7 Å². The summed E-state index contributed by atoms with van der Waals surface area (Å²) in [5.74, 6) is 0.403. The minimum atomic E-state index is -0.167. The first-order valence-corrected chi connectivity index (χ1v) is 8.75. The molecule has 0 aromatic heterocycles. The Balaban J connectivity index is 1.57. The lowest BCUT2D eigenvalue weighted by Crippen LogP contribution is -2.51. The average Bonchev–Trinajstić information content (AvgIpc) is 2.56. The van der Waals surface area contributed by atoms with Crippen molar-refractivity contribution < 1.29 is 18.7 Å². The number of hydrogen-bond acceptors (Lipinski definition) is 3. The van der Waals surface area contributed by atoms with Crippen LogP contribution < -0.4 is 0 Å². The number of carbonyl (C=O) groups excluding carboxylic acids is 1. The molecule has 2 heterocycles. The third-order valence-electron chi connectivity index (χ3n) is 5.30. The number of ether oxygens (including phenoxy) is 2. The minimum Gasteiger partial charge on any atom is -0.375 e. The predicted molar refractivity (Wildman–Crippen MR) is 89.2 cm³/mol. The third kappa shape index (κ3) is 4.14. The van der Waals surface area contributed by atoms with Crippen LogP contribution in [0.1, 0.15) is 31.2 Å². The Labute approximate surface area is 142 Å². The van der Waals surface area contributed by atoms with Gasteiger partial charge in [-0.05, 0) is 55.7 Å². The summed E-state index contributed by atoms with van der Waals surface area (Å²) in [6.45, 7) is 2.37. The predicted octanol–water partition coefficient (Wildman–Crippen LogP) is 2.80. The average molecular weight is 335 g/mol. The molecule has 24 heavy (non-hydrogen) atoms. The van der Waals surface area contributed by atoms with Gasteiger partial charge in [0, 0.05) is 26.8 Å². The van der Waals surface area contributed by atoms with E-state index in [0.717, 1.165) is 57.4 Å². The highest BCUT2D eigenvalue weighted by Gasteiger charge is 2.40. The SMILES string of the molecule is COCC(=O)N1CCC2(CC1)CC(Cc1cccc(F)c1)CCO2. The first-order chi connectivity index (χ1) is 11.6. The number of piperidine rings is 1. The Kier molecular flexibility index (Phi) is 5.51. The quantitative estimate of drug-likeness (QED) is 0.849. The van der Waals surface area contributed by atoms with E-state index in [2.05, 4.69) is 0 Å². The van der Waals surface area contributed by atoms with Gasteiger partial charge in [-0.2, -0.15) is 0 Å². The van der Waals surface area contributed by atoms with E-state index in [0.29, 0.717) is 5.92 Å². The van der Waals surface area contributed by atoms with Crippen LogP contribution in [-0.4, -0.2) is 49.8 Å². The zero-order valence-corrected chi connectivity index (χ0v) is 14.3. The third-order valence-corrected chi connectivity index (χ3v) is 5.30. The molecule has 1 aromatic carbocycles. The molecule has 1 atom stereocenters. The molecule has 2 aliphatic heterocycles. The second-order valence-corrected chi connectivity index (χ2v) is 7.04. The molecule has 2 aliphatic rings. The van der Waals surface area contributed by atoms with Crippen molar-refractivity contribution in [1.82, 2.24) is 4.90 Å². The fourth-order valence-corrected chi connectivity index (χ4v) is 4.03. The van der Waals surface area contributed by atoms with Crippen molar-refractivity contribution in [3.63, 3.8) is 0 Å². The number of halogens is 1. The molecule has 1 unspecified atom stereocenters. The van der Waals surface area contributed by atoms with Crippen LogP contribution in [0.25, 0.3) is 0 Å². The van der Waals surface area contributed by atoms with Crippen LogP contribution >= 0.6 is 0 Å². The van der Waals surface area contributed by atoms with Gasteiger partial charge in [0.15, 0.2) is 0 Å². The molecule has 0 N–H and O–H groups in total. The van der Waals surface area contributed by atoms with Gasteiger partial charge in [-0.25, -0.2) is 4.39 Å². The summed E-state index contributed by atoms with van der Waals surface area (Å²) in [6.07, 6.45) is 4.67. The number of carbonyl (C=O) groups is 1. The minimum absolute atomic E-state index is 0.0551. The van der Waals surface area contributed by atoms with Gasteiger partial charge in [0.2, 0.25) is 5.91 Å². The first kappa shape index (κ1) is 17.4. The zero-order valence-electron chi connectivity index (χ0n) is 14.3. The summed E-state index contributed by atoms with van der Waals surface area (Å²) >= 11 is 0. The van der Waals surface area contributed by atoms with Gasteiger partial charge >= 0.3 is 0 Å². The molecular formula is C19H26FNO3. The lowest BCUT2D eigenvalue weighted by Gasteiger charge is -2.46. The maximum Gasteiger partial charge on any atom is 0.248 e. The molecule has 3 rings (SSSR count). The zero-order chi connectivity index (χ0) is 17.0. The number of amides is 1. The highest BCUT2D eigenvalue weighted by Crippen LogP contribution is 2.38. The van der Waals surface area contributed by atoms with E-state index in [1.165, 1.54) is 6.07 Å². The maximum atomic E-state index is 13.4. The molecule has 1 spiro atoms. The van der Waals surface area contributed by atoms with E-state index in [4.69, 9.17) is 9.47 Å². The molecule has 0 saturated carbocycles. The number of hydrogen-bond donors (Lipinski definition) is 0. The number of likely N-dealkylation sites (tertiary alicyclic amines) is 1. The van der Waals surface area contributed by atoms with Crippen LogP contribution in [0.4, 0.5) is 4.39 Å². The van der Waals surface area contributed by atoms with Crippen LogP contribution in [0.3, 0.4) is 0 Å². The summed E-state index contributed by atoms with van der Waals surface area (Å²) in [7, 11) is 1.55. The number of rotatable bonds is 4. The molecular weight excluding hydrogens is 309 g/mol. The van der Waals surface area contributed by atoms with Gasteiger partial charge < -0.3 is 14.4 Å². The number of methoxy groups -OCH3 is 1. The molecule has 0 radical (unpaired) electrons. The monoisotopic (exact) mass is 335 g/mol. The molecule has 5 heteroatoms. The molecule has 1 aromatic rings. The van der Waals surface area contributed by atoms with E-state index in [-0.39, 0.29) is 23.9 Å². The van der Waals surface area contributed by atoms with Crippen LogP contribution in [-0.2, 0) is 20.7 Å². The Morgan fingerprint density at radius 2 is 2.21 bits per heavy atom. The smallest absolute Gasteiger partial charge is 0.248 e. The number of benzene rings is 1. The molecule has 0 bridgehead atoms. The first-order valence-electron chi connectivity index (χ1n) is 8.75. The van der Waals surface area contributed by atoms with Gasteiger partial charge in [-0.1, -0.05) is 12.1 Å². The van der Waals surface area contributed by atoms with Crippen molar-refractivity contribution >= 4 is 5.91 Å². The largest absolute Gasteiger partial charge is 0.375 e. The lowest BCUT2D eigenvalue weighted by atomic mass is 9.77.